The van der Waals surface area contributed by atoms with Crippen LogP contribution in [-0.4, -0.2) is 39.9 Å². The number of imidazole rings is 1. The molecule has 0 radical (unpaired) electrons. The van der Waals surface area contributed by atoms with Gasteiger partial charge in [0.1, 0.15) is 0 Å². The molecule has 0 aliphatic carbocycles. The molecule has 23 heavy (non-hydrogen) atoms. The summed E-state index contributed by atoms with van der Waals surface area (Å²) in [6, 6.07) is 5.61. The maximum absolute atomic E-state index is 12.6. The SMILES string of the molecule is CCN1CCCC[C@H]1C(=O)N[C@@H](C)c1ccc2[nH]c(=O)[nH]c2c1. The van der Waals surface area contributed by atoms with Crippen LogP contribution in [0.3, 0.4) is 0 Å². The van der Waals surface area contributed by atoms with Crippen molar-refractivity contribution >= 4 is 16.9 Å². The number of nitrogens with one attached hydrogen (secondary N) is 3. The standard InChI is InChI=1S/C17H24N4O2/c1-3-21-9-5-4-6-15(21)16(22)18-11(2)12-7-8-13-14(10-12)20-17(23)19-13/h7-8,10-11,15H,3-6,9H2,1-2H3,(H,18,22)(H2,19,20,23)/t11-,15-/m0/s1. The van der Waals surface area contributed by atoms with Gasteiger partial charge in [-0.3, -0.25) is 9.69 Å². The minimum Gasteiger partial charge on any atom is -0.348 e. The van der Waals surface area contributed by atoms with Gasteiger partial charge in [-0.2, -0.15) is 0 Å². The molecule has 0 spiro atoms. The Balaban J connectivity index is 1.72. The van der Waals surface area contributed by atoms with Crippen molar-refractivity contribution < 1.29 is 4.79 Å². The molecule has 6 nitrogen and oxygen atoms in total. The number of piperidine rings is 1. The fraction of sp³-hybridized carbons (Fsp3) is 0.529. The molecule has 6 heteroatoms. The average molecular weight is 316 g/mol. The second kappa shape index (κ2) is 6.58. The number of aromatic amines is 2. The number of rotatable bonds is 4. The van der Waals surface area contributed by atoms with Crippen molar-refractivity contribution in [2.45, 2.75) is 45.2 Å². The van der Waals surface area contributed by atoms with Crippen LogP contribution in [0, 0.1) is 0 Å². The predicted molar refractivity (Wildman–Crippen MR) is 90.4 cm³/mol. The molecule has 1 amide bonds. The molecule has 1 aromatic heterocycles. The van der Waals surface area contributed by atoms with Crippen LogP contribution in [-0.2, 0) is 4.79 Å². The van der Waals surface area contributed by atoms with Crippen molar-refractivity contribution in [3.05, 3.63) is 34.2 Å². The van der Waals surface area contributed by atoms with Crippen LogP contribution in [0.1, 0.15) is 44.7 Å². The highest BCUT2D eigenvalue weighted by Crippen LogP contribution is 2.20. The summed E-state index contributed by atoms with van der Waals surface area (Å²) in [7, 11) is 0. The van der Waals surface area contributed by atoms with Crippen molar-refractivity contribution in [3.63, 3.8) is 0 Å². The first-order chi connectivity index (χ1) is 11.1. The number of carbonyl (C=O) groups excluding carboxylic acids is 1. The number of amides is 1. The third kappa shape index (κ3) is 3.32. The van der Waals surface area contributed by atoms with E-state index in [9.17, 15) is 9.59 Å². The van der Waals surface area contributed by atoms with Gasteiger partial charge in [0.2, 0.25) is 5.91 Å². The highest BCUT2D eigenvalue weighted by molar-refractivity contribution is 5.82. The first-order valence-electron chi connectivity index (χ1n) is 8.35. The van der Waals surface area contributed by atoms with Crippen molar-refractivity contribution in [2.24, 2.45) is 0 Å². The number of nitrogens with zero attached hydrogens (tertiary/aromatic N) is 1. The van der Waals surface area contributed by atoms with Gasteiger partial charge in [0.25, 0.3) is 0 Å². The number of likely N-dealkylation sites (tertiary alicyclic amines) is 1. The summed E-state index contributed by atoms with van der Waals surface area (Å²) in [5, 5.41) is 3.12. The van der Waals surface area contributed by atoms with E-state index in [-0.39, 0.29) is 23.7 Å². The van der Waals surface area contributed by atoms with E-state index in [1.165, 1.54) is 6.42 Å². The zero-order valence-electron chi connectivity index (χ0n) is 13.7. The largest absolute Gasteiger partial charge is 0.348 e. The van der Waals surface area contributed by atoms with E-state index in [0.717, 1.165) is 42.5 Å². The predicted octanol–water partition coefficient (Wildman–Crippen LogP) is 1.91. The van der Waals surface area contributed by atoms with Gasteiger partial charge in [-0.15, -0.1) is 0 Å². The Morgan fingerprint density at radius 1 is 1.35 bits per heavy atom. The Hall–Kier alpha value is -2.08. The molecule has 2 heterocycles. The van der Waals surface area contributed by atoms with Gasteiger partial charge in [-0.25, -0.2) is 4.79 Å². The normalized spacial score (nSPS) is 20.5. The summed E-state index contributed by atoms with van der Waals surface area (Å²) in [6.07, 6.45) is 3.21. The lowest BCUT2D eigenvalue weighted by atomic mass is 10.0. The van der Waals surface area contributed by atoms with Gasteiger partial charge >= 0.3 is 5.69 Å². The van der Waals surface area contributed by atoms with Gasteiger partial charge in [-0.05, 0) is 50.6 Å². The van der Waals surface area contributed by atoms with E-state index < -0.39 is 0 Å². The van der Waals surface area contributed by atoms with E-state index >= 15 is 0 Å². The number of carbonyl (C=O) groups is 1. The van der Waals surface area contributed by atoms with Crippen molar-refractivity contribution in [1.82, 2.24) is 20.2 Å². The fourth-order valence-corrected chi connectivity index (χ4v) is 3.38. The number of likely N-dealkylation sites (N-methyl/N-ethyl adjacent to an activating group) is 1. The lowest BCUT2D eigenvalue weighted by Gasteiger charge is -2.34. The van der Waals surface area contributed by atoms with Gasteiger partial charge in [0, 0.05) is 0 Å². The lowest BCUT2D eigenvalue weighted by molar-refractivity contribution is -0.128. The molecule has 1 fully saturated rings. The van der Waals surface area contributed by atoms with E-state index in [0.29, 0.717) is 0 Å². The van der Waals surface area contributed by atoms with Crippen LogP contribution >= 0.6 is 0 Å². The molecule has 2 atom stereocenters. The summed E-state index contributed by atoms with van der Waals surface area (Å²) in [5.41, 5.74) is 2.32. The smallest absolute Gasteiger partial charge is 0.323 e. The Morgan fingerprint density at radius 3 is 2.91 bits per heavy atom. The monoisotopic (exact) mass is 316 g/mol. The van der Waals surface area contributed by atoms with Crippen LogP contribution in [0.15, 0.2) is 23.0 Å². The number of H-pyrrole nitrogens is 2. The van der Waals surface area contributed by atoms with E-state index in [1.807, 2.05) is 25.1 Å². The quantitative estimate of drug-likeness (QED) is 0.806. The third-order valence-electron chi connectivity index (χ3n) is 4.72. The van der Waals surface area contributed by atoms with E-state index in [1.54, 1.807) is 0 Å². The zero-order valence-corrected chi connectivity index (χ0v) is 13.7. The number of fused-ring (bicyclic) bond motifs is 1. The molecule has 3 N–H and O–H groups in total. The van der Waals surface area contributed by atoms with Crippen LogP contribution in [0.4, 0.5) is 0 Å². The first-order valence-corrected chi connectivity index (χ1v) is 8.35. The molecule has 2 aromatic rings. The Labute approximate surface area is 135 Å². The number of benzene rings is 1. The second-order valence-corrected chi connectivity index (χ2v) is 6.25. The van der Waals surface area contributed by atoms with Gasteiger partial charge in [0.05, 0.1) is 23.1 Å². The van der Waals surface area contributed by atoms with Crippen LogP contribution < -0.4 is 11.0 Å². The van der Waals surface area contributed by atoms with Crippen molar-refractivity contribution in [2.75, 3.05) is 13.1 Å². The molecule has 1 aliphatic heterocycles. The van der Waals surface area contributed by atoms with Gasteiger partial charge in [0.15, 0.2) is 0 Å². The Bertz CT molecular complexity index is 748. The van der Waals surface area contributed by atoms with Crippen LogP contribution in [0.25, 0.3) is 11.0 Å². The minimum atomic E-state index is -0.213. The third-order valence-corrected chi connectivity index (χ3v) is 4.72. The second-order valence-electron chi connectivity index (χ2n) is 6.25. The molecule has 3 rings (SSSR count). The van der Waals surface area contributed by atoms with E-state index in [2.05, 4.69) is 27.1 Å². The zero-order chi connectivity index (χ0) is 16.4. The molecule has 0 bridgehead atoms. The van der Waals surface area contributed by atoms with Crippen molar-refractivity contribution in [3.8, 4) is 0 Å². The van der Waals surface area contributed by atoms with Crippen molar-refractivity contribution in [1.29, 1.82) is 0 Å². The topological polar surface area (TPSA) is 81.0 Å². The lowest BCUT2D eigenvalue weighted by Crippen LogP contribution is -2.49. The maximum atomic E-state index is 12.6. The highest BCUT2D eigenvalue weighted by atomic mass is 16.2. The molecule has 1 saturated heterocycles. The molecule has 124 valence electrons. The van der Waals surface area contributed by atoms with Crippen LogP contribution in [0.5, 0.6) is 0 Å². The minimum absolute atomic E-state index is 0.0213. The summed E-state index contributed by atoms with van der Waals surface area (Å²) >= 11 is 0. The Kier molecular flexibility index (Phi) is 4.52. The number of hydrogen-bond donors (Lipinski definition) is 3. The average Bonchev–Trinajstić information content (AvgIpc) is 2.93. The first kappa shape index (κ1) is 15.8. The molecular formula is C17H24N4O2. The fourth-order valence-electron chi connectivity index (χ4n) is 3.38. The molecule has 0 unspecified atom stereocenters. The summed E-state index contributed by atoms with van der Waals surface area (Å²) < 4.78 is 0. The number of aromatic nitrogens is 2. The maximum Gasteiger partial charge on any atom is 0.323 e. The molecular weight excluding hydrogens is 292 g/mol. The molecule has 1 aliphatic rings. The summed E-state index contributed by atoms with van der Waals surface area (Å²) in [5.74, 6) is 0.0988. The van der Waals surface area contributed by atoms with Crippen LogP contribution in [0.2, 0.25) is 0 Å². The van der Waals surface area contributed by atoms with E-state index in [4.69, 9.17) is 0 Å². The van der Waals surface area contributed by atoms with Gasteiger partial charge < -0.3 is 15.3 Å². The summed E-state index contributed by atoms with van der Waals surface area (Å²) in [6.45, 7) is 5.98. The highest BCUT2D eigenvalue weighted by Gasteiger charge is 2.28. The Morgan fingerprint density at radius 2 is 2.13 bits per heavy atom. The number of hydrogen-bond acceptors (Lipinski definition) is 3. The van der Waals surface area contributed by atoms with Gasteiger partial charge in [-0.1, -0.05) is 19.4 Å². The molecule has 1 aromatic carbocycles. The molecule has 0 saturated carbocycles. The summed E-state index contributed by atoms with van der Waals surface area (Å²) in [4.78, 5) is 31.7.